The van der Waals surface area contributed by atoms with Gasteiger partial charge >= 0.3 is 5.97 Å². The minimum absolute atomic E-state index is 0.307. The van der Waals surface area contributed by atoms with Crippen molar-refractivity contribution in [3.63, 3.8) is 0 Å². The highest BCUT2D eigenvalue weighted by atomic mass is 35.5. The molecule has 1 aromatic carbocycles. The number of hydrogen-bond donors (Lipinski definition) is 2. The Bertz CT molecular complexity index is 801. The molecule has 0 aliphatic carbocycles. The van der Waals surface area contributed by atoms with Crippen LogP contribution in [0.4, 0.5) is 0 Å². The van der Waals surface area contributed by atoms with Gasteiger partial charge in [-0.25, -0.2) is 4.79 Å². The topological polar surface area (TPSA) is 84.2 Å². The average Bonchev–Trinajstić information content (AvgIpc) is 2.79. The minimum Gasteiger partial charge on any atom is -0.479 e. The first-order chi connectivity index (χ1) is 11.7. The number of aromatic nitrogens is 2. The summed E-state index contributed by atoms with van der Waals surface area (Å²) in [4.78, 5) is 24.1. The van der Waals surface area contributed by atoms with Crippen molar-refractivity contribution >= 4 is 23.5 Å². The number of carboxylic acid groups (broad SMARTS) is 1. The molecule has 0 bridgehead atoms. The van der Waals surface area contributed by atoms with Crippen LogP contribution in [0, 0.1) is 19.8 Å². The second-order valence-electron chi connectivity index (χ2n) is 6.18. The van der Waals surface area contributed by atoms with Gasteiger partial charge in [0.15, 0.2) is 6.04 Å². The van der Waals surface area contributed by atoms with Crippen molar-refractivity contribution in [1.29, 1.82) is 0 Å². The molecule has 0 saturated heterocycles. The molecule has 134 valence electrons. The maximum Gasteiger partial charge on any atom is 0.330 e. The Morgan fingerprint density at radius 1 is 1.32 bits per heavy atom. The lowest BCUT2D eigenvalue weighted by Gasteiger charge is -2.19. The predicted molar refractivity (Wildman–Crippen MR) is 95.5 cm³/mol. The molecular formula is C18H22ClN3O3. The lowest BCUT2D eigenvalue weighted by atomic mass is 9.98. The largest absolute Gasteiger partial charge is 0.479 e. The monoisotopic (exact) mass is 363 g/mol. The van der Waals surface area contributed by atoms with Gasteiger partial charge in [-0.2, -0.15) is 5.10 Å². The minimum atomic E-state index is -1.18. The van der Waals surface area contributed by atoms with Crippen molar-refractivity contribution in [2.24, 2.45) is 13.0 Å². The fourth-order valence-corrected chi connectivity index (χ4v) is 3.02. The number of nitrogens with zero attached hydrogens (tertiary/aromatic N) is 2. The van der Waals surface area contributed by atoms with Crippen molar-refractivity contribution in [2.75, 3.05) is 0 Å². The summed E-state index contributed by atoms with van der Waals surface area (Å²) in [6, 6.07) is 5.42. The highest BCUT2D eigenvalue weighted by Crippen LogP contribution is 2.24. The van der Waals surface area contributed by atoms with Crippen molar-refractivity contribution in [2.45, 2.75) is 33.2 Å². The molecule has 2 rings (SSSR count). The van der Waals surface area contributed by atoms with Crippen LogP contribution in [0.5, 0.6) is 0 Å². The summed E-state index contributed by atoms with van der Waals surface area (Å²) in [5, 5.41) is 16.7. The summed E-state index contributed by atoms with van der Waals surface area (Å²) in [6.45, 7) is 5.62. The number of nitrogens with one attached hydrogen (secondary N) is 1. The second-order valence-corrected chi connectivity index (χ2v) is 6.59. The summed E-state index contributed by atoms with van der Waals surface area (Å²) in [7, 11) is 1.86. The van der Waals surface area contributed by atoms with Gasteiger partial charge in [0.1, 0.15) is 0 Å². The lowest BCUT2D eigenvalue weighted by Crippen LogP contribution is -2.37. The van der Waals surface area contributed by atoms with E-state index in [-0.39, 0.29) is 5.91 Å². The van der Waals surface area contributed by atoms with Gasteiger partial charge in [0.2, 0.25) is 5.91 Å². The van der Waals surface area contributed by atoms with Gasteiger partial charge in [-0.15, -0.1) is 0 Å². The maximum atomic E-state index is 12.5. The summed E-state index contributed by atoms with van der Waals surface area (Å²) < 4.78 is 1.78. The van der Waals surface area contributed by atoms with E-state index in [4.69, 9.17) is 11.6 Å². The molecular weight excluding hydrogens is 342 g/mol. The number of carbonyl (C=O) groups is 2. The van der Waals surface area contributed by atoms with E-state index < -0.39 is 17.9 Å². The fraction of sp³-hybridized carbons (Fsp3) is 0.389. The number of amides is 1. The number of aliphatic carboxylic acids is 1. The number of carboxylic acids is 1. The molecule has 0 saturated carbocycles. The van der Waals surface area contributed by atoms with Crippen LogP contribution in [0.2, 0.25) is 5.02 Å². The van der Waals surface area contributed by atoms with Crippen LogP contribution in [0.1, 0.15) is 35.5 Å². The number of rotatable bonds is 6. The second kappa shape index (κ2) is 7.70. The van der Waals surface area contributed by atoms with E-state index in [9.17, 15) is 14.7 Å². The third-order valence-electron chi connectivity index (χ3n) is 4.37. The van der Waals surface area contributed by atoms with Gasteiger partial charge in [0.05, 0.1) is 5.69 Å². The van der Waals surface area contributed by atoms with Crippen molar-refractivity contribution in [3.8, 4) is 0 Å². The van der Waals surface area contributed by atoms with Gasteiger partial charge in [-0.05, 0) is 31.9 Å². The van der Waals surface area contributed by atoms with E-state index in [2.05, 4.69) is 10.4 Å². The average molecular weight is 364 g/mol. The third kappa shape index (κ3) is 4.20. The van der Waals surface area contributed by atoms with Gasteiger partial charge in [0, 0.05) is 29.2 Å². The summed E-state index contributed by atoms with van der Waals surface area (Å²) in [5.74, 6) is -1.89. The summed E-state index contributed by atoms with van der Waals surface area (Å²) in [6.07, 6.45) is 0.492. The molecule has 25 heavy (non-hydrogen) atoms. The van der Waals surface area contributed by atoms with E-state index in [0.717, 1.165) is 17.0 Å². The Labute approximate surface area is 151 Å². The Balaban J connectivity index is 2.16. The Hall–Kier alpha value is -2.34. The van der Waals surface area contributed by atoms with Gasteiger partial charge in [-0.3, -0.25) is 9.48 Å². The number of aryl methyl sites for hydroxylation is 2. The van der Waals surface area contributed by atoms with Gasteiger partial charge in [0.25, 0.3) is 0 Å². The zero-order chi connectivity index (χ0) is 18.7. The van der Waals surface area contributed by atoms with Crippen molar-refractivity contribution < 1.29 is 14.7 Å². The number of halogens is 1. The van der Waals surface area contributed by atoms with Crippen LogP contribution in [0.15, 0.2) is 24.3 Å². The highest BCUT2D eigenvalue weighted by molar-refractivity contribution is 6.31. The van der Waals surface area contributed by atoms with E-state index in [1.54, 1.807) is 35.9 Å². The molecule has 2 atom stereocenters. The number of carbonyl (C=O) groups excluding carboxylic acids is 1. The van der Waals surface area contributed by atoms with E-state index in [1.807, 2.05) is 20.9 Å². The molecule has 0 spiro atoms. The Morgan fingerprint density at radius 2 is 1.96 bits per heavy atom. The molecule has 2 N–H and O–H groups in total. The van der Waals surface area contributed by atoms with Crippen LogP contribution in [-0.4, -0.2) is 26.8 Å². The highest BCUT2D eigenvalue weighted by Gasteiger charge is 2.27. The molecule has 0 radical (unpaired) electrons. The molecule has 0 aliphatic rings. The molecule has 7 heteroatoms. The molecule has 6 nitrogen and oxygen atoms in total. The third-order valence-corrected chi connectivity index (χ3v) is 4.71. The SMILES string of the molecule is Cc1nn(C)c(C)c1C[C@H](C)C(=O)N[C@H](C(=O)O)c1ccccc1Cl. The first kappa shape index (κ1) is 19.0. The molecule has 1 heterocycles. The lowest BCUT2D eigenvalue weighted by molar-refractivity contribution is -0.142. The first-order valence-corrected chi connectivity index (χ1v) is 8.36. The maximum absolute atomic E-state index is 12.5. The zero-order valence-corrected chi connectivity index (χ0v) is 15.5. The van der Waals surface area contributed by atoms with Crippen LogP contribution in [-0.2, 0) is 23.1 Å². The quantitative estimate of drug-likeness (QED) is 0.826. The van der Waals surface area contributed by atoms with E-state index >= 15 is 0 Å². The zero-order valence-electron chi connectivity index (χ0n) is 14.7. The van der Waals surface area contributed by atoms with E-state index in [0.29, 0.717) is 17.0 Å². The smallest absolute Gasteiger partial charge is 0.330 e. The number of benzene rings is 1. The Kier molecular flexibility index (Phi) is 5.85. The van der Waals surface area contributed by atoms with Crippen molar-refractivity contribution in [3.05, 3.63) is 51.8 Å². The normalized spacial score (nSPS) is 13.3. The Morgan fingerprint density at radius 3 is 2.48 bits per heavy atom. The molecule has 0 unspecified atom stereocenters. The van der Waals surface area contributed by atoms with Crippen molar-refractivity contribution in [1.82, 2.24) is 15.1 Å². The molecule has 1 aromatic heterocycles. The fourth-order valence-electron chi connectivity index (χ4n) is 2.78. The van der Waals surface area contributed by atoms with Crippen LogP contribution in [0.25, 0.3) is 0 Å². The van der Waals surface area contributed by atoms with Gasteiger partial charge < -0.3 is 10.4 Å². The standard InChI is InChI=1S/C18H22ClN3O3/c1-10(9-14-11(2)21-22(4)12(14)3)17(23)20-16(18(24)25)13-7-5-6-8-15(13)19/h5-8,10,16H,9H2,1-4H3,(H,20,23)(H,24,25)/t10-,16-/m0/s1. The van der Waals surface area contributed by atoms with Crippen LogP contribution < -0.4 is 5.32 Å². The summed E-state index contributed by atoms with van der Waals surface area (Å²) >= 11 is 6.07. The molecule has 0 aliphatic heterocycles. The van der Waals surface area contributed by atoms with Crippen LogP contribution >= 0.6 is 11.6 Å². The number of hydrogen-bond acceptors (Lipinski definition) is 3. The predicted octanol–water partition coefficient (Wildman–Crippen LogP) is 2.81. The van der Waals surface area contributed by atoms with Gasteiger partial charge in [-0.1, -0.05) is 36.7 Å². The first-order valence-electron chi connectivity index (χ1n) is 7.99. The van der Waals surface area contributed by atoms with E-state index in [1.165, 1.54) is 0 Å². The summed E-state index contributed by atoms with van der Waals surface area (Å²) in [5.41, 5.74) is 3.25. The molecule has 1 amide bonds. The molecule has 2 aromatic rings. The molecule has 0 fully saturated rings. The van der Waals surface area contributed by atoms with Crippen LogP contribution in [0.3, 0.4) is 0 Å².